The van der Waals surface area contributed by atoms with Gasteiger partial charge in [-0.15, -0.1) is 0 Å². The van der Waals surface area contributed by atoms with Crippen LogP contribution in [-0.2, 0) is 9.53 Å². The van der Waals surface area contributed by atoms with Gasteiger partial charge in [-0.2, -0.15) is 0 Å². The molecule has 0 aromatic carbocycles. The van der Waals surface area contributed by atoms with Gasteiger partial charge >= 0.3 is 5.97 Å². The summed E-state index contributed by atoms with van der Waals surface area (Å²) >= 11 is 0. The van der Waals surface area contributed by atoms with Crippen LogP contribution >= 0.6 is 0 Å². The van der Waals surface area contributed by atoms with Gasteiger partial charge in [0.25, 0.3) is 0 Å². The largest absolute Gasteiger partial charge is 0.481 e. The molecule has 3 heteroatoms. The van der Waals surface area contributed by atoms with Crippen molar-refractivity contribution in [2.45, 2.75) is 58.0 Å². The molecular formula is C12H22O3. The number of aliphatic carboxylic acids is 1. The zero-order valence-corrected chi connectivity index (χ0v) is 9.58. The van der Waals surface area contributed by atoms with Crippen molar-refractivity contribution in [3.8, 4) is 0 Å². The fraction of sp³-hybridized carbons (Fsp3) is 0.917. The van der Waals surface area contributed by atoms with E-state index in [-0.39, 0.29) is 6.42 Å². The van der Waals surface area contributed by atoms with E-state index in [0.29, 0.717) is 12.0 Å². The smallest absolute Gasteiger partial charge is 0.303 e. The second-order valence-electron chi connectivity index (χ2n) is 4.52. The van der Waals surface area contributed by atoms with Gasteiger partial charge in [-0.05, 0) is 31.6 Å². The zero-order chi connectivity index (χ0) is 11.1. The van der Waals surface area contributed by atoms with Crippen LogP contribution in [0.2, 0.25) is 0 Å². The van der Waals surface area contributed by atoms with Crippen molar-refractivity contribution in [2.75, 3.05) is 6.61 Å². The zero-order valence-electron chi connectivity index (χ0n) is 9.58. The predicted octanol–water partition coefficient (Wildman–Crippen LogP) is 2.84. The van der Waals surface area contributed by atoms with Crippen LogP contribution in [0.1, 0.15) is 51.9 Å². The highest BCUT2D eigenvalue weighted by atomic mass is 16.5. The van der Waals surface area contributed by atoms with Gasteiger partial charge in [0, 0.05) is 13.0 Å². The Kier molecular flexibility index (Phi) is 5.69. The second kappa shape index (κ2) is 6.83. The van der Waals surface area contributed by atoms with Crippen molar-refractivity contribution in [3.05, 3.63) is 0 Å². The van der Waals surface area contributed by atoms with Gasteiger partial charge in [-0.3, -0.25) is 4.79 Å². The van der Waals surface area contributed by atoms with E-state index < -0.39 is 5.97 Å². The number of carboxylic acids is 1. The molecule has 3 nitrogen and oxygen atoms in total. The molecule has 1 fully saturated rings. The fourth-order valence-electron chi connectivity index (χ4n) is 2.14. The summed E-state index contributed by atoms with van der Waals surface area (Å²) in [5.74, 6) is -0.0285. The lowest BCUT2D eigenvalue weighted by atomic mass is 9.88. The van der Waals surface area contributed by atoms with Crippen molar-refractivity contribution >= 4 is 5.97 Å². The first-order valence-electron chi connectivity index (χ1n) is 6.03. The molecule has 1 rings (SSSR count). The van der Waals surface area contributed by atoms with E-state index in [1.807, 2.05) is 0 Å². The van der Waals surface area contributed by atoms with E-state index >= 15 is 0 Å². The van der Waals surface area contributed by atoms with Gasteiger partial charge in [-0.1, -0.05) is 19.8 Å². The van der Waals surface area contributed by atoms with Gasteiger partial charge in [-0.25, -0.2) is 0 Å². The number of ether oxygens (including phenoxy) is 1. The molecule has 0 aliphatic heterocycles. The Balaban J connectivity index is 2.01. The van der Waals surface area contributed by atoms with Crippen LogP contribution in [0, 0.1) is 5.92 Å². The van der Waals surface area contributed by atoms with Crippen LogP contribution < -0.4 is 0 Å². The third-order valence-corrected chi connectivity index (χ3v) is 3.15. The lowest BCUT2D eigenvalue weighted by Gasteiger charge is -2.28. The molecule has 0 aromatic rings. The highest BCUT2D eigenvalue weighted by molar-refractivity contribution is 5.66. The van der Waals surface area contributed by atoms with E-state index in [0.717, 1.165) is 19.4 Å². The van der Waals surface area contributed by atoms with Crippen molar-refractivity contribution in [1.29, 1.82) is 0 Å². The summed E-state index contributed by atoms with van der Waals surface area (Å²) in [6, 6.07) is 0. The highest BCUT2D eigenvalue weighted by Crippen LogP contribution is 2.26. The van der Waals surface area contributed by atoms with Gasteiger partial charge in [0.15, 0.2) is 0 Å². The summed E-state index contributed by atoms with van der Waals surface area (Å²) in [7, 11) is 0. The summed E-state index contributed by atoms with van der Waals surface area (Å²) in [5, 5.41) is 8.46. The standard InChI is InChI=1S/C12H22O3/c1-10-6-2-3-7-11(10)15-9-5-4-8-12(13)14/h10-11H,2-9H2,1H3,(H,13,14). The number of hydrogen-bond donors (Lipinski definition) is 1. The monoisotopic (exact) mass is 214 g/mol. The molecule has 0 heterocycles. The lowest BCUT2D eigenvalue weighted by Crippen LogP contribution is -2.25. The number of carbonyl (C=O) groups is 1. The van der Waals surface area contributed by atoms with Crippen LogP contribution in [0.3, 0.4) is 0 Å². The maximum Gasteiger partial charge on any atom is 0.303 e. The number of carboxylic acid groups (broad SMARTS) is 1. The third-order valence-electron chi connectivity index (χ3n) is 3.15. The normalized spacial score (nSPS) is 26.5. The van der Waals surface area contributed by atoms with Gasteiger partial charge in [0.05, 0.1) is 6.10 Å². The predicted molar refractivity (Wildman–Crippen MR) is 58.9 cm³/mol. The third kappa shape index (κ3) is 5.17. The number of hydrogen-bond acceptors (Lipinski definition) is 2. The van der Waals surface area contributed by atoms with E-state index in [1.165, 1.54) is 25.7 Å². The number of unbranched alkanes of at least 4 members (excludes halogenated alkanes) is 1. The molecule has 88 valence electrons. The number of rotatable bonds is 6. The van der Waals surface area contributed by atoms with Gasteiger partial charge in [0.2, 0.25) is 0 Å². The second-order valence-corrected chi connectivity index (χ2v) is 4.52. The summed E-state index contributed by atoms with van der Waals surface area (Å²) in [6.07, 6.45) is 7.36. The molecule has 0 saturated heterocycles. The quantitative estimate of drug-likeness (QED) is 0.691. The Morgan fingerprint density at radius 1 is 1.33 bits per heavy atom. The minimum atomic E-state index is -0.707. The Hall–Kier alpha value is -0.570. The molecule has 15 heavy (non-hydrogen) atoms. The van der Waals surface area contributed by atoms with Crippen molar-refractivity contribution in [1.82, 2.24) is 0 Å². The van der Waals surface area contributed by atoms with Crippen LogP contribution in [0.4, 0.5) is 0 Å². The topological polar surface area (TPSA) is 46.5 Å². The first-order valence-corrected chi connectivity index (χ1v) is 6.03. The SMILES string of the molecule is CC1CCCCC1OCCCCC(=O)O. The average molecular weight is 214 g/mol. The molecule has 0 radical (unpaired) electrons. The molecule has 0 bridgehead atoms. The Bertz CT molecular complexity index is 191. The Labute approximate surface area is 91.8 Å². The first-order chi connectivity index (χ1) is 7.20. The molecule has 2 unspecified atom stereocenters. The maximum atomic E-state index is 10.3. The first kappa shape index (κ1) is 12.5. The van der Waals surface area contributed by atoms with Crippen LogP contribution in [0.15, 0.2) is 0 Å². The molecule has 1 N–H and O–H groups in total. The van der Waals surface area contributed by atoms with Crippen LogP contribution in [0.25, 0.3) is 0 Å². The summed E-state index contributed by atoms with van der Waals surface area (Å²) in [6.45, 7) is 2.98. The minimum absolute atomic E-state index is 0.267. The van der Waals surface area contributed by atoms with Crippen LogP contribution in [0.5, 0.6) is 0 Å². The van der Waals surface area contributed by atoms with Crippen molar-refractivity contribution in [3.63, 3.8) is 0 Å². The van der Waals surface area contributed by atoms with Crippen LogP contribution in [-0.4, -0.2) is 23.8 Å². The molecule has 0 spiro atoms. The molecule has 0 aromatic heterocycles. The molecule has 2 atom stereocenters. The van der Waals surface area contributed by atoms with Gasteiger partial charge < -0.3 is 9.84 Å². The lowest BCUT2D eigenvalue weighted by molar-refractivity contribution is -0.137. The van der Waals surface area contributed by atoms with E-state index in [1.54, 1.807) is 0 Å². The van der Waals surface area contributed by atoms with Crippen molar-refractivity contribution < 1.29 is 14.6 Å². The molecule has 1 aliphatic rings. The van der Waals surface area contributed by atoms with Gasteiger partial charge in [0.1, 0.15) is 0 Å². The minimum Gasteiger partial charge on any atom is -0.481 e. The van der Waals surface area contributed by atoms with E-state index in [4.69, 9.17) is 9.84 Å². The highest BCUT2D eigenvalue weighted by Gasteiger charge is 2.21. The maximum absolute atomic E-state index is 10.3. The Morgan fingerprint density at radius 2 is 2.07 bits per heavy atom. The molecule has 1 saturated carbocycles. The van der Waals surface area contributed by atoms with E-state index in [2.05, 4.69) is 6.92 Å². The van der Waals surface area contributed by atoms with E-state index in [9.17, 15) is 4.79 Å². The molecular weight excluding hydrogens is 192 g/mol. The Morgan fingerprint density at radius 3 is 2.73 bits per heavy atom. The summed E-state index contributed by atoms with van der Waals surface area (Å²) in [5.41, 5.74) is 0. The molecule has 1 aliphatic carbocycles. The summed E-state index contributed by atoms with van der Waals surface area (Å²) < 4.78 is 5.78. The fourth-order valence-corrected chi connectivity index (χ4v) is 2.14. The molecule has 0 amide bonds. The van der Waals surface area contributed by atoms with Crippen molar-refractivity contribution in [2.24, 2.45) is 5.92 Å². The average Bonchev–Trinajstić information content (AvgIpc) is 2.20. The summed E-state index contributed by atoms with van der Waals surface area (Å²) in [4.78, 5) is 10.3.